The molecule has 3 rings (SSSR count). The minimum absolute atomic E-state index is 0.212. The Hall–Kier alpha value is -3.80. The molecule has 6 nitrogen and oxygen atoms in total. The number of anilines is 1. The third-order valence-corrected chi connectivity index (χ3v) is 5.34. The van der Waals surface area contributed by atoms with Crippen LogP contribution in [0.15, 0.2) is 72.8 Å². The number of aryl methyl sites for hydroxylation is 2. The van der Waals surface area contributed by atoms with Gasteiger partial charge in [0.25, 0.3) is 11.8 Å². The topological polar surface area (TPSA) is 70.7 Å². The molecule has 0 fully saturated rings. The number of rotatable bonds is 9. The number of nitrogens with one attached hydrogen (secondary N) is 2. The number of benzene rings is 3. The maximum atomic E-state index is 13.5. The molecule has 1 atom stereocenters. The van der Waals surface area contributed by atoms with Gasteiger partial charge in [-0.1, -0.05) is 47.5 Å². The van der Waals surface area contributed by atoms with E-state index >= 15 is 0 Å². The molecular weight excluding hydrogens is 414 g/mol. The first kappa shape index (κ1) is 23.9. The number of carbonyl (C=O) groups excluding carboxylic acids is 2. The molecule has 2 N–H and O–H groups in total. The molecule has 2 amide bonds. The fraction of sp³-hybridized carbons (Fsp3) is 0.259. The Bertz CT molecular complexity index is 1100. The number of methoxy groups -OCH3 is 1. The van der Waals surface area contributed by atoms with Gasteiger partial charge in [-0.3, -0.25) is 20.0 Å². The highest BCUT2D eigenvalue weighted by Crippen LogP contribution is 2.17. The summed E-state index contributed by atoms with van der Waals surface area (Å²) in [4.78, 5) is 26.5. The largest absolute Gasteiger partial charge is 0.497 e. The highest BCUT2D eigenvalue weighted by molar-refractivity contribution is 5.98. The van der Waals surface area contributed by atoms with Crippen LogP contribution in [-0.2, 0) is 11.2 Å². The minimum Gasteiger partial charge on any atom is -0.497 e. The maximum Gasteiger partial charge on any atom is 0.263 e. The van der Waals surface area contributed by atoms with E-state index in [1.807, 2.05) is 87.5 Å². The summed E-state index contributed by atoms with van der Waals surface area (Å²) >= 11 is 0. The number of hydrazine groups is 1. The maximum absolute atomic E-state index is 13.5. The number of ether oxygens (including phenoxy) is 1. The molecule has 0 radical (unpaired) electrons. The van der Waals surface area contributed by atoms with Crippen LogP contribution >= 0.6 is 0 Å². The van der Waals surface area contributed by atoms with Crippen LogP contribution in [0.25, 0.3) is 0 Å². The lowest BCUT2D eigenvalue weighted by Gasteiger charge is -2.28. The van der Waals surface area contributed by atoms with Gasteiger partial charge in [-0.25, -0.2) is 0 Å². The van der Waals surface area contributed by atoms with Crippen molar-refractivity contribution < 1.29 is 14.3 Å². The zero-order chi connectivity index (χ0) is 23.8. The Morgan fingerprint density at radius 3 is 2.21 bits per heavy atom. The Balaban J connectivity index is 1.83. The third-order valence-electron chi connectivity index (χ3n) is 5.34. The Morgan fingerprint density at radius 1 is 0.939 bits per heavy atom. The lowest BCUT2D eigenvalue weighted by Crippen LogP contribution is -2.51. The standard InChI is InChI=1S/C27H31N3O3/c1-5-30(29-23-12-14-24(33-4)15-13-23)27(32)25(18-21-10-6-8-19(2)16-21)28-26(31)22-11-7-9-20(3)17-22/h6-17,25,29H,5,18H2,1-4H3,(H,28,31). The van der Waals surface area contributed by atoms with Crippen molar-refractivity contribution in [3.63, 3.8) is 0 Å². The van der Waals surface area contributed by atoms with Gasteiger partial charge in [0.1, 0.15) is 11.8 Å². The molecule has 33 heavy (non-hydrogen) atoms. The van der Waals surface area contributed by atoms with E-state index in [0.29, 0.717) is 18.5 Å². The molecule has 3 aromatic rings. The van der Waals surface area contributed by atoms with E-state index in [4.69, 9.17) is 4.74 Å². The summed E-state index contributed by atoms with van der Waals surface area (Å²) in [7, 11) is 1.61. The van der Waals surface area contributed by atoms with Crippen LogP contribution in [0.4, 0.5) is 5.69 Å². The summed E-state index contributed by atoms with van der Waals surface area (Å²) in [6.07, 6.45) is 0.388. The molecule has 172 valence electrons. The van der Waals surface area contributed by atoms with Gasteiger partial charge < -0.3 is 10.1 Å². The van der Waals surface area contributed by atoms with Crippen molar-refractivity contribution in [1.29, 1.82) is 0 Å². The number of likely N-dealkylation sites (N-methyl/N-ethyl adjacent to an activating group) is 1. The smallest absolute Gasteiger partial charge is 0.263 e. The number of amides is 2. The molecule has 3 aromatic carbocycles. The highest BCUT2D eigenvalue weighted by Gasteiger charge is 2.26. The number of carbonyl (C=O) groups is 2. The Labute approximate surface area is 195 Å². The average molecular weight is 446 g/mol. The first-order valence-electron chi connectivity index (χ1n) is 11.0. The van der Waals surface area contributed by atoms with Crippen LogP contribution in [-0.4, -0.2) is 36.5 Å². The highest BCUT2D eigenvalue weighted by atomic mass is 16.5. The van der Waals surface area contributed by atoms with Gasteiger partial charge in [-0.05, 0) is 62.7 Å². The van der Waals surface area contributed by atoms with Crippen LogP contribution in [0.5, 0.6) is 5.75 Å². The molecule has 0 aromatic heterocycles. The number of hydrogen-bond acceptors (Lipinski definition) is 4. The molecule has 0 aliphatic heterocycles. The summed E-state index contributed by atoms with van der Waals surface area (Å²) < 4.78 is 5.20. The minimum atomic E-state index is -0.731. The van der Waals surface area contributed by atoms with E-state index in [2.05, 4.69) is 10.7 Å². The fourth-order valence-electron chi connectivity index (χ4n) is 3.60. The van der Waals surface area contributed by atoms with E-state index in [-0.39, 0.29) is 11.8 Å². The lowest BCUT2D eigenvalue weighted by atomic mass is 10.0. The molecule has 1 unspecified atom stereocenters. The predicted molar refractivity (Wildman–Crippen MR) is 131 cm³/mol. The average Bonchev–Trinajstić information content (AvgIpc) is 2.82. The van der Waals surface area contributed by atoms with Crippen molar-refractivity contribution in [3.8, 4) is 5.75 Å². The van der Waals surface area contributed by atoms with Crippen molar-refractivity contribution >= 4 is 17.5 Å². The van der Waals surface area contributed by atoms with Gasteiger partial charge in [0, 0.05) is 18.5 Å². The second-order valence-corrected chi connectivity index (χ2v) is 8.01. The second-order valence-electron chi connectivity index (χ2n) is 8.01. The van der Waals surface area contributed by atoms with Crippen molar-refractivity contribution in [3.05, 3.63) is 95.1 Å². The van der Waals surface area contributed by atoms with Gasteiger partial charge in [0.2, 0.25) is 0 Å². The van der Waals surface area contributed by atoms with Crippen molar-refractivity contribution in [1.82, 2.24) is 10.3 Å². The number of nitrogens with zero attached hydrogens (tertiary/aromatic N) is 1. The molecule has 0 heterocycles. The zero-order valence-corrected chi connectivity index (χ0v) is 19.6. The van der Waals surface area contributed by atoms with E-state index in [9.17, 15) is 9.59 Å². The quantitative estimate of drug-likeness (QED) is 0.475. The van der Waals surface area contributed by atoms with Gasteiger partial charge in [-0.15, -0.1) is 0 Å². The molecule has 6 heteroatoms. The monoisotopic (exact) mass is 445 g/mol. The van der Waals surface area contributed by atoms with Gasteiger partial charge in [0.15, 0.2) is 0 Å². The van der Waals surface area contributed by atoms with E-state index < -0.39 is 6.04 Å². The summed E-state index contributed by atoms with van der Waals surface area (Å²) in [5.41, 5.74) is 7.52. The molecule has 0 saturated carbocycles. The molecule has 0 spiro atoms. The van der Waals surface area contributed by atoms with E-state index in [1.54, 1.807) is 13.2 Å². The van der Waals surface area contributed by atoms with Crippen LogP contribution in [0, 0.1) is 13.8 Å². The van der Waals surface area contributed by atoms with Crippen LogP contribution in [0.2, 0.25) is 0 Å². The zero-order valence-electron chi connectivity index (χ0n) is 19.6. The van der Waals surface area contributed by atoms with Gasteiger partial charge in [-0.2, -0.15) is 0 Å². The lowest BCUT2D eigenvalue weighted by molar-refractivity contribution is -0.131. The summed E-state index contributed by atoms with van der Waals surface area (Å²) in [6.45, 7) is 6.26. The summed E-state index contributed by atoms with van der Waals surface area (Å²) in [5, 5.41) is 4.48. The third kappa shape index (κ3) is 6.59. The first-order valence-corrected chi connectivity index (χ1v) is 11.0. The molecule has 0 saturated heterocycles. The van der Waals surface area contributed by atoms with Crippen molar-refractivity contribution in [2.75, 3.05) is 19.1 Å². The molecule has 0 bridgehead atoms. The van der Waals surface area contributed by atoms with Gasteiger partial charge in [0.05, 0.1) is 12.8 Å². The van der Waals surface area contributed by atoms with Crippen molar-refractivity contribution in [2.24, 2.45) is 0 Å². The van der Waals surface area contributed by atoms with Crippen LogP contribution < -0.4 is 15.5 Å². The first-order chi connectivity index (χ1) is 15.9. The second kappa shape index (κ2) is 11.2. The fourth-order valence-corrected chi connectivity index (χ4v) is 3.60. The van der Waals surface area contributed by atoms with Crippen LogP contribution in [0.1, 0.15) is 34.0 Å². The number of hydrogen-bond donors (Lipinski definition) is 2. The Kier molecular flexibility index (Phi) is 8.08. The normalized spacial score (nSPS) is 11.4. The summed E-state index contributed by atoms with van der Waals surface area (Å²) in [5.74, 6) is 0.249. The molecule has 0 aliphatic rings. The van der Waals surface area contributed by atoms with Crippen molar-refractivity contribution in [2.45, 2.75) is 33.2 Å². The molecule has 0 aliphatic carbocycles. The molecular formula is C27H31N3O3. The van der Waals surface area contributed by atoms with E-state index in [1.165, 1.54) is 5.01 Å². The van der Waals surface area contributed by atoms with Gasteiger partial charge >= 0.3 is 0 Å². The van der Waals surface area contributed by atoms with Crippen LogP contribution in [0.3, 0.4) is 0 Å². The predicted octanol–water partition coefficient (Wildman–Crippen LogP) is 4.53. The SMILES string of the molecule is CCN(Nc1ccc(OC)cc1)C(=O)C(Cc1cccc(C)c1)NC(=O)c1cccc(C)c1. The van der Waals surface area contributed by atoms with E-state index in [0.717, 1.165) is 28.1 Å². The Morgan fingerprint density at radius 2 is 1.61 bits per heavy atom. The summed E-state index contributed by atoms with van der Waals surface area (Å²) in [6, 6.07) is 21.9.